The van der Waals surface area contributed by atoms with Crippen molar-refractivity contribution in [3.63, 3.8) is 0 Å². The van der Waals surface area contributed by atoms with Gasteiger partial charge < -0.3 is 5.73 Å². The number of thiophene rings is 1. The molecule has 0 aliphatic heterocycles. The van der Waals surface area contributed by atoms with Crippen molar-refractivity contribution in [3.05, 3.63) is 50.7 Å². The van der Waals surface area contributed by atoms with Gasteiger partial charge in [-0.3, -0.25) is 4.68 Å². The molecule has 0 saturated carbocycles. The van der Waals surface area contributed by atoms with E-state index < -0.39 is 0 Å². The zero-order chi connectivity index (χ0) is 12.5. The molecule has 0 aliphatic rings. The lowest BCUT2D eigenvalue weighted by molar-refractivity contribution is 0.687. The lowest BCUT2D eigenvalue weighted by Gasteiger charge is -2.03. The summed E-state index contributed by atoms with van der Waals surface area (Å²) < 4.78 is 4.42. The van der Waals surface area contributed by atoms with E-state index in [-0.39, 0.29) is 0 Å². The number of nitrogens with two attached hydrogens (primary N) is 1. The van der Waals surface area contributed by atoms with E-state index in [1.165, 1.54) is 20.5 Å². The van der Waals surface area contributed by atoms with Crippen molar-refractivity contribution in [2.45, 2.75) is 13.1 Å². The fourth-order valence-corrected chi connectivity index (χ4v) is 3.61. The van der Waals surface area contributed by atoms with Gasteiger partial charge in [0.05, 0.1) is 16.3 Å². The van der Waals surface area contributed by atoms with Crippen LogP contribution in [0.4, 0.5) is 0 Å². The highest BCUT2D eigenvalue weighted by molar-refractivity contribution is 14.1. The van der Waals surface area contributed by atoms with E-state index in [0.717, 1.165) is 10.1 Å². The third-order valence-corrected chi connectivity index (χ3v) is 4.68. The fraction of sp³-hybridized carbons (Fsp3) is 0.154. The Kier molecular flexibility index (Phi) is 3.36. The summed E-state index contributed by atoms with van der Waals surface area (Å²) in [6.45, 7) is 1.38. The Morgan fingerprint density at radius 3 is 2.89 bits per heavy atom. The van der Waals surface area contributed by atoms with Gasteiger partial charge in [0.1, 0.15) is 0 Å². The molecule has 5 heteroatoms. The molecule has 0 saturated heterocycles. The van der Waals surface area contributed by atoms with Gasteiger partial charge in [0.2, 0.25) is 0 Å². The number of hydrogen-bond acceptors (Lipinski definition) is 3. The third kappa shape index (κ3) is 2.17. The predicted molar refractivity (Wildman–Crippen MR) is 83.8 cm³/mol. The summed E-state index contributed by atoms with van der Waals surface area (Å²) in [5.41, 5.74) is 7.16. The van der Waals surface area contributed by atoms with Gasteiger partial charge in [-0.2, -0.15) is 5.10 Å². The minimum atomic E-state index is 0.590. The Balaban J connectivity index is 2.09. The number of benzene rings is 1. The summed E-state index contributed by atoms with van der Waals surface area (Å²) in [4.78, 5) is 1.25. The first-order valence-corrected chi connectivity index (χ1v) is 7.55. The van der Waals surface area contributed by atoms with Crippen LogP contribution in [0.25, 0.3) is 10.1 Å². The first kappa shape index (κ1) is 12.1. The third-order valence-electron chi connectivity index (χ3n) is 2.89. The van der Waals surface area contributed by atoms with Crippen molar-refractivity contribution >= 4 is 44.0 Å². The summed E-state index contributed by atoms with van der Waals surface area (Å²) in [5.74, 6) is 0. The molecule has 0 radical (unpaired) electrons. The minimum absolute atomic E-state index is 0.590. The van der Waals surface area contributed by atoms with Crippen LogP contribution in [0.15, 0.2) is 36.7 Å². The molecule has 3 rings (SSSR count). The summed E-state index contributed by atoms with van der Waals surface area (Å²) in [6.07, 6.45) is 3.92. The smallest absolute Gasteiger partial charge is 0.0677 e. The van der Waals surface area contributed by atoms with Crippen molar-refractivity contribution in [3.8, 4) is 0 Å². The minimum Gasteiger partial charge on any atom is -0.326 e. The predicted octanol–water partition coefficient (Wildman–Crippen LogP) is 3.21. The topological polar surface area (TPSA) is 43.8 Å². The van der Waals surface area contributed by atoms with E-state index in [4.69, 9.17) is 5.73 Å². The van der Waals surface area contributed by atoms with Gasteiger partial charge in [-0.15, -0.1) is 11.3 Å². The molecule has 3 aromatic rings. The van der Waals surface area contributed by atoms with E-state index in [1.807, 2.05) is 17.1 Å². The molecule has 3 nitrogen and oxygen atoms in total. The molecular weight excluding hydrogens is 357 g/mol. The standard InChI is InChI=1S/C13H12IN3S/c14-9-6-16-17(7-9)8-11-10-3-1-2-4-12(10)18-13(11)5-15/h1-4,6-7H,5,8,15H2. The molecule has 0 spiro atoms. The van der Waals surface area contributed by atoms with Crippen LogP contribution in [-0.2, 0) is 13.1 Å². The Bertz CT molecular complexity index is 686. The average Bonchev–Trinajstić information content (AvgIpc) is 2.94. The van der Waals surface area contributed by atoms with E-state index in [9.17, 15) is 0 Å². The van der Waals surface area contributed by atoms with E-state index in [1.54, 1.807) is 11.3 Å². The lowest BCUT2D eigenvalue weighted by atomic mass is 10.1. The second kappa shape index (κ2) is 4.99. The molecule has 2 N–H and O–H groups in total. The molecule has 0 atom stereocenters. The van der Waals surface area contributed by atoms with Crippen molar-refractivity contribution in [2.24, 2.45) is 5.73 Å². The molecule has 0 amide bonds. The van der Waals surface area contributed by atoms with Gasteiger partial charge in [-0.1, -0.05) is 18.2 Å². The van der Waals surface area contributed by atoms with Crippen LogP contribution in [0.2, 0.25) is 0 Å². The van der Waals surface area contributed by atoms with Crippen LogP contribution >= 0.6 is 33.9 Å². The number of rotatable bonds is 3. The quantitative estimate of drug-likeness (QED) is 0.721. The zero-order valence-corrected chi connectivity index (χ0v) is 12.6. The highest BCUT2D eigenvalue weighted by atomic mass is 127. The van der Waals surface area contributed by atoms with Gasteiger partial charge in [0.25, 0.3) is 0 Å². The molecule has 0 aliphatic carbocycles. The molecule has 18 heavy (non-hydrogen) atoms. The Labute approximate surface area is 123 Å². The number of hydrogen-bond donors (Lipinski definition) is 1. The number of halogens is 1. The highest BCUT2D eigenvalue weighted by Crippen LogP contribution is 2.31. The van der Waals surface area contributed by atoms with Crippen molar-refractivity contribution < 1.29 is 0 Å². The second-order valence-corrected chi connectivity index (χ2v) is 6.44. The largest absolute Gasteiger partial charge is 0.326 e. The van der Waals surface area contributed by atoms with E-state index in [2.05, 4.69) is 52.0 Å². The van der Waals surface area contributed by atoms with Crippen LogP contribution in [0.1, 0.15) is 10.4 Å². The Hall–Kier alpha value is -0.920. The van der Waals surface area contributed by atoms with Crippen LogP contribution in [0, 0.1) is 3.57 Å². The summed E-state index contributed by atoms with van der Waals surface area (Å²) in [5, 5.41) is 5.65. The monoisotopic (exact) mass is 369 g/mol. The first-order chi connectivity index (χ1) is 8.78. The summed E-state index contributed by atoms with van der Waals surface area (Å²) in [6, 6.07) is 8.45. The normalized spacial score (nSPS) is 11.2. The van der Waals surface area contributed by atoms with Crippen LogP contribution in [-0.4, -0.2) is 9.78 Å². The molecule has 0 unspecified atom stereocenters. The number of aromatic nitrogens is 2. The molecule has 1 aromatic carbocycles. The summed E-state index contributed by atoms with van der Waals surface area (Å²) >= 11 is 4.05. The van der Waals surface area contributed by atoms with Gasteiger partial charge in [-0.25, -0.2) is 0 Å². The van der Waals surface area contributed by atoms with Crippen LogP contribution in [0.3, 0.4) is 0 Å². The SMILES string of the molecule is NCc1sc2ccccc2c1Cn1cc(I)cn1. The average molecular weight is 369 g/mol. The van der Waals surface area contributed by atoms with Crippen LogP contribution < -0.4 is 5.73 Å². The van der Waals surface area contributed by atoms with Crippen LogP contribution in [0.5, 0.6) is 0 Å². The molecular formula is C13H12IN3S. The summed E-state index contributed by atoms with van der Waals surface area (Å²) in [7, 11) is 0. The molecule has 0 fully saturated rings. The van der Waals surface area contributed by atoms with Crippen molar-refractivity contribution in [1.82, 2.24) is 9.78 Å². The lowest BCUT2D eigenvalue weighted by Crippen LogP contribution is -2.04. The first-order valence-electron chi connectivity index (χ1n) is 5.65. The second-order valence-electron chi connectivity index (χ2n) is 4.06. The van der Waals surface area contributed by atoms with E-state index >= 15 is 0 Å². The highest BCUT2D eigenvalue weighted by Gasteiger charge is 2.11. The number of nitrogens with zero attached hydrogens (tertiary/aromatic N) is 2. The molecule has 0 bridgehead atoms. The van der Waals surface area contributed by atoms with Gasteiger partial charge in [-0.05, 0) is 39.6 Å². The maximum atomic E-state index is 5.85. The van der Waals surface area contributed by atoms with Crippen molar-refractivity contribution in [1.29, 1.82) is 0 Å². The molecule has 2 heterocycles. The van der Waals surface area contributed by atoms with E-state index in [0.29, 0.717) is 6.54 Å². The van der Waals surface area contributed by atoms with Gasteiger partial charge >= 0.3 is 0 Å². The maximum absolute atomic E-state index is 5.85. The fourth-order valence-electron chi connectivity index (χ4n) is 2.07. The molecule has 92 valence electrons. The zero-order valence-electron chi connectivity index (χ0n) is 9.64. The molecule has 2 aromatic heterocycles. The Morgan fingerprint density at radius 2 is 2.17 bits per heavy atom. The van der Waals surface area contributed by atoms with Crippen molar-refractivity contribution in [2.75, 3.05) is 0 Å². The van der Waals surface area contributed by atoms with Gasteiger partial charge in [0, 0.05) is 22.3 Å². The Morgan fingerprint density at radius 1 is 1.33 bits per heavy atom. The van der Waals surface area contributed by atoms with Gasteiger partial charge in [0.15, 0.2) is 0 Å². The maximum Gasteiger partial charge on any atom is 0.0677 e. The number of fused-ring (bicyclic) bond motifs is 1.